The quantitative estimate of drug-likeness (QED) is 0.678. The zero-order chi connectivity index (χ0) is 16.2. The summed E-state index contributed by atoms with van der Waals surface area (Å²) < 4.78 is 0. The first-order chi connectivity index (χ1) is 11.0. The summed E-state index contributed by atoms with van der Waals surface area (Å²) in [6.07, 6.45) is 0. The summed E-state index contributed by atoms with van der Waals surface area (Å²) in [5, 5.41) is 10.1. The molecular formula is C20H19NOS. The molecule has 0 bridgehead atoms. The number of hydrogen-bond acceptors (Lipinski definition) is 3. The van der Waals surface area contributed by atoms with Crippen LogP contribution in [0.25, 0.3) is 21.6 Å². The van der Waals surface area contributed by atoms with E-state index in [9.17, 15) is 5.11 Å². The van der Waals surface area contributed by atoms with E-state index < -0.39 is 5.41 Å². The topological polar surface area (TPSA) is 46.2 Å². The zero-order valence-electron chi connectivity index (χ0n) is 13.3. The molecule has 2 nitrogen and oxygen atoms in total. The number of thiophene rings is 1. The van der Waals surface area contributed by atoms with E-state index in [-0.39, 0.29) is 6.61 Å². The Bertz CT molecular complexity index is 912. The van der Waals surface area contributed by atoms with Crippen LogP contribution in [-0.2, 0) is 5.41 Å². The Hall–Kier alpha value is -2.10. The van der Waals surface area contributed by atoms with Crippen LogP contribution in [0.15, 0.2) is 48.5 Å². The minimum atomic E-state index is -0.400. The van der Waals surface area contributed by atoms with Crippen LogP contribution in [0.3, 0.4) is 0 Å². The molecule has 0 radical (unpaired) electrons. The van der Waals surface area contributed by atoms with Crippen molar-refractivity contribution in [1.29, 1.82) is 0 Å². The lowest BCUT2D eigenvalue weighted by Gasteiger charge is -2.25. The first kappa shape index (κ1) is 14.5. The normalized spacial score (nSPS) is 18.7. The van der Waals surface area contributed by atoms with Crippen molar-refractivity contribution < 1.29 is 5.11 Å². The standard InChI is InChI=1S/C20H19NOS/c1-12-3-8-19(23-12)13-4-6-15-16-7-5-14(21)10-18(16)20(2,11-22)17(15)9-13/h3-10,22H,11,21H2,1-2H3. The van der Waals surface area contributed by atoms with Gasteiger partial charge in [0, 0.05) is 20.9 Å². The first-order valence-electron chi connectivity index (χ1n) is 7.75. The van der Waals surface area contributed by atoms with Gasteiger partial charge >= 0.3 is 0 Å². The molecule has 1 aromatic heterocycles. The van der Waals surface area contributed by atoms with Gasteiger partial charge in [-0.2, -0.15) is 0 Å². The van der Waals surface area contributed by atoms with Crippen molar-refractivity contribution in [2.75, 3.05) is 12.3 Å². The number of aryl methyl sites for hydroxylation is 1. The molecule has 0 amide bonds. The van der Waals surface area contributed by atoms with E-state index in [0.29, 0.717) is 0 Å². The number of benzene rings is 2. The second-order valence-corrected chi connectivity index (χ2v) is 7.75. The molecule has 1 atom stereocenters. The second-order valence-electron chi connectivity index (χ2n) is 6.47. The van der Waals surface area contributed by atoms with Crippen LogP contribution in [0.2, 0.25) is 0 Å². The number of anilines is 1. The third kappa shape index (κ3) is 2.04. The molecule has 1 aliphatic rings. The van der Waals surface area contributed by atoms with Crippen LogP contribution < -0.4 is 5.73 Å². The summed E-state index contributed by atoms with van der Waals surface area (Å²) in [5.41, 5.74) is 12.2. The van der Waals surface area contributed by atoms with Crippen LogP contribution in [0.1, 0.15) is 22.9 Å². The highest BCUT2D eigenvalue weighted by Gasteiger charge is 2.39. The SMILES string of the molecule is Cc1ccc(-c2ccc3c(c2)C(C)(CO)c2cc(N)ccc2-3)s1. The van der Waals surface area contributed by atoms with Crippen LogP contribution in [0.4, 0.5) is 5.69 Å². The summed E-state index contributed by atoms with van der Waals surface area (Å²) in [6, 6.07) is 16.9. The summed E-state index contributed by atoms with van der Waals surface area (Å²) in [4.78, 5) is 2.57. The highest BCUT2D eigenvalue weighted by atomic mass is 32.1. The molecule has 4 rings (SSSR count). The van der Waals surface area contributed by atoms with Gasteiger partial charge in [0.25, 0.3) is 0 Å². The number of nitrogen functional groups attached to an aromatic ring is 1. The fraction of sp³-hybridized carbons (Fsp3) is 0.200. The van der Waals surface area contributed by atoms with Gasteiger partial charge in [-0.25, -0.2) is 0 Å². The first-order valence-corrected chi connectivity index (χ1v) is 8.57. The molecule has 1 heterocycles. The summed E-state index contributed by atoms with van der Waals surface area (Å²) in [6.45, 7) is 4.29. The van der Waals surface area contributed by atoms with E-state index in [1.54, 1.807) is 11.3 Å². The molecule has 3 heteroatoms. The number of rotatable bonds is 2. The Morgan fingerprint density at radius 1 is 1.00 bits per heavy atom. The minimum absolute atomic E-state index is 0.0728. The molecule has 116 valence electrons. The van der Waals surface area contributed by atoms with Crippen molar-refractivity contribution in [3.63, 3.8) is 0 Å². The minimum Gasteiger partial charge on any atom is -0.399 e. The zero-order valence-corrected chi connectivity index (χ0v) is 14.1. The van der Waals surface area contributed by atoms with E-state index in [4.69, 9.17) is 5.73 Å². The van der Waals surface area contributed by atoms with Gasteiger partial charge in [-0.05, 0) is 72.0 Å². The van der Waals surface area contributed by atoms with Crippen molar-refractivity contribution >= 4 is 17.0 Å². The van der Waals surface area contributed by atoms with Crippen molar-refractivity contribution in [2.45, 2.75) is 19.3 Å². The molecule has 1 aliphatic carbocycles. The van der Waals surface area contributed by atoms with Gasteiger partial charge in [-0.15, -0.1) is 11.3 Å². The Labute approximate surface area is 140 Å². The Kier molecular flexibility index (Phi) is 3.12. The third-order valence-corrected chi connectivity index (χ3v) is 5.93. The molecule has 0 saturated heterocycles. The van der Waals surface area contributed by atoms with Gasteiger partial charge in [0.2, 0.25) is 0 Å². The number of fused-ring (bicyclic) bond motifs is 3. The predicted octanol–water partition coefficient (Wildman–Crippen LogP) is 4.58. The maximum absolute atomic E-state index is 10.1. The van der Waals surface area contributed by atoms with Gasteiger partial charge in [0.1, 0.15) is 0 Å². The number of aliphatic hydroxyl groups is 1. The predicted molar refractivity (Wildman–Crippen MR) is 97.9 cm³/mol. The molecule has 23 heavy (non-hydrogen) atoms. The highest BCUT2D eigenvalue weighted by Crippen LogP contribution is 2.50. The van der Waals surface area contributed by atoms with Crippen molar-refractivity contribution in [3.05, 3.63) is 64.5 Å². The third-order valence-electron chi connectivity index (χ3n) is 4.88. The van der Waals surface area contributed by atoms with Crippen molar-refractivity contribution in [3.8, 4) is 21.6 Å². The van der Waals surface area contributed by atoms with Crippen LogP contribution in [0, 0.1) is 6.92 Å². The Morgan fingerprint density at radius 2 is 1.70 bits per heavy atom. The Morgan fingerprint density at radius 3 is 2.35 bits per heavy atom. The molecule has 0 saturated carbocycles. The van der Waals surface area contributed by atoms with Crippen molar-refractivity contribution in [1.82, 2.24) is 0 Å². The second kappa shape index (κ2) is 4.95. The average Bonchev–Trinajstić information content (AvgIpc) is 3.09. The van der Waals surface area contributed by atoms with Gasteiger partial charge in [-0.3, -0.25) is 0 Å². The van der Waals surface area contributed by atoms with Gasteiger partial charge in [-0.1, -0.05) is 18.2 Å². The van der Waals surface area contributed by atoms with Crippen LogP contribution >= 0.6 is 11.3 Å². The lowest BCUT2D eigenvalue weighted by atomic mass is 9.80. The highest BCUT2D eigenvalue weighted by molar-refractivity contribution is 7.15. The molecule has 0 fully saturated rings. The molecule has 2 aromatic carbocycles. The van der Waals surface area contributed by atoms with E-state index in [2.05, 4.69) is 50.2 Å². The lowest BCUT2D eigenvalue weighted by molar-refractivity contribution is 0.234. The average molecular weight is 321 g/mol. The summed E-state index contributed by atoms with van der Waals surface area (Å²) >= 11 is 1.80. The van der Waals surface area contributed by atoms with E-state index in [0.717, 1.165) is 11.3 Å². The summed E-state index contributed by atoms with van der Waals surface area (Å²) in [7, 11) is 0. The number of nitrogens with two attached hydrogens (primary N) is 1. The molecule has 0 aliphatic heterocycles. The van der Waals surface area contributed by atoms with Gasteiger partial charge < -0.3 is 10.8 Å². The Balaban J connectivity index is 1.94. The maximum atomic E-state index is 10.1. The molecule has 0 spiro atoms. The molecule has 3 aromatic rings. The molecule has 3 N–H and O–H groups in total. The monoisotopic (exact) mass is 321 g/mol. The smallest absolute Gasteiger partial charge is 0.0566 e. The fourth-order valence-corrected chi connectivity index (χ4v) is 4.41. The largest absolute Gasteiger partial charge is 0.399 e. The van der Waals surface area contributed by atoms with Gasteiger partial charge in [0.15, 0.2) is 0 Å². The number of aliphatic hydroxyl groups excluding tert-OH is 1. The fourth-order valence-electron chi connectivity index (χ4n) is 3.55. The van der Waals surface area contributed by atoms with Crippen LogP contribution in [-0.4, -0.2) is 11.7 Å². The van der Waals surface area contributed by atoms with Crippen LogP contribution in [0.5, 0.6) is 0 Å². The van der Waals surface area contributed by atoms with Crippen molar-refractivity contribution in [2.24, 2.45) is 0 Å². The maximum Gasteiger partial charge on any atom is 0.0566 e. The van der Waals surface area contributed by atoms with E-state index >= 15 is 0 Å². The lowest BCUT2D eigenvalue weighted by Crippen LogP contribution is -2.25. The molecular weight excluding hydrogens is 302 g/mol. The summed E-state index contributed by atoms with van der Waals surface area (Å²) in [5.74, 6) is 0. The van der Waals surface area contributed by atoms with E-state index in [1.165, 1.54) is 32.0 Å². The van der Waals surface area contributed by atoms with Gasteiger partial charge in [0.05, 0.1) is 6.61 Å². The molecule has 1 unspecified atom stereocenters. The van der Waals surface area contributed by atoms with E-state index in [1.807, 2.05) is 12.1 Å². The number of hydrogen-bond donors (Lipinski definition) is 2.